The SMILES string of the molecule is [2H]c1nc(N(C([2H])([2H])[2H])C([2H])([2H])[2H])c([2H])nc1B1OC(C)(C)C(C)(C)O1. The number of hydrogen-bond donors (Lipinski definition) is 0. The third-order valence-electron chi connectivity index (χ3n) is 3.24. The number of hydrogen-bond acceptors (Lipinski definition) is 5. The van der Waals surface area contributed by atoms with Gasteiger partial charge < -0.3 is 14.2 Å². The van der Waals surface area contributed by atoms with Crippen molar-refractivity contribution < 1.29 is 20.3 Å². The molecule has 2 heterocycles. The highest BCUT2D eigenvalue weighted by atomic mass is 16.7. The summed E-state index contributed by atoms with van der Waals surface area (Å²) in [6, 6.07) is 0. The normalized spacial score (nSPS) is 29.0. The van der Waals surface area contributed by atoms with Crippen LogP contribution in [0.2, 0.25) is 0 Å². The fourth-order valence-corrected chi connectivity index (χ4v) is 1.43. The summed E-state index contributed by atoms with van der Waals surface area (Å²) >= 11 is 0. The van der Waals surface area contributed by atoms with Crippen LogP contribution in [0.15, 0.2) is 12.3 Å². The maximum absolute atomic E-state index is 8.02. The molecule has 1 fully saturated rings. The lowest BCUT2D eigenvalue weighted by molar-refractivity contribution is 0.00578. The van der Waals surface area contributed by atoms with E-state index in [-0.39, 0.29) is 10.5 Å². The van der Waals surface area contributed by atoms with E-state index >= 15 is 0 Å². The van der Waals surface area contributed by atoms with Gasteiger partial charge in [-0.05, 0) is 27.7 Å². The predicted molar refractivity (Wildman–Crippen MR) is 72.1 cm³/mol. The fourth-order valence-electron chi connectivity index (χ4n) is 1.43. The molecule has 0 unspecified atom stereocenters. The van der Waals surface area contributed by atoms with Crippen LogP contribution in [0.4, 0.5) is 5.82 Å². The first-order chi connectivity index (χ1) is 11.5. The summed E-state index contributed by atoms with van der Waals surface area (Å²) in [5.74, 6) is -0.727. The van der Waals surface area contributed by atoms with Crippen molar-refractivity contribution >= 4 is 18.5 Å². The van der Waals surface area contributed by atoms with Crippen LogP contribution < -0.4 is 10.5 Å². The highest BCUT2D eigenvalue weighted by Gasteiger charge is 2.52. The first kappa shape index (κ1) is 6.35. The monoisotopic (exact) mass is 257 g/mol. The Morgan fingerprint density at radius 2 is 1.78 bits per heavy atom. The molecule has 1 aliphatic heterocycles. The van der Waals surface area contributed by atoms with E-state index in [1.165, 1.54) is 0 Å². The van der Waals surface area contributed by atoms with Crippen molar-refractivity contribution in [1.82, 2.24) is 9.97 Å². The first-order valence-corrected chi connectivity index (χ1v) is 5.48. The Hall–Kier alpha value is -1.14. The molecule has 0 radical (unpaired) electrons. The zero-order valence-corrected chi connectivity index (χ0v) is 10.7. The lowest BCUT2D eigenvalue weighted by Crippen LogP contribution is -2.41. The molecule has 1 aromatic rings. The largest absolute Gasteiger partial charge is 0.516 e. The molecule has 2 rings (SSSR count). The maximum atomic E-state index is 8.02. The topological polar surface area (TPSA) is 47.5 Å². The number of rotatable bonds is 2. The number of aromatic nitrogens is 2. The van der Waals surface area contributed by atoms with Crippen molar-refractivity contribution in [2.75, 3.05) is 18.9 Å². The van der Waals surface area contributed by atoms with Crippen molar-refractivity contribution in [3.63, 3.8) is 0 Å². The second-order valence-electron chi connectivity index (χ2n) is 5.08. The van der Waals surface area contributed by atoms with Crippen LogP contribution in [-0.4, -0.2) is 42.2 Å². The minimum absolute atomic E-state index is 0.0292. The van der Waals surface area contributed by atoms with Crippen LogP contribution in [0.5, 0.6) is 0 Å². The smallest absolute Gasteiger partial charge is 0.398 e. The predicted octanol–water partition coefficient (Wildman–Crippen LogP) is 0.842. The molecule has 98 valence electrons. The van der Waals surface area contributed by atoms with Gasteiger partial charge in [0.25, 0.3) is 0 Å². The average molecular weight is 257 g/mol. The number of anilines is 1. The van der Waals surface area contributed by atoms with E-state index < -0.39 is 50.4 Å². The lowest BCUT2D eigenvalue weighted by Gasteiger charge is -2.32. The average Bonchev–Trinajstić information content (AvgIpc) is 2.58. The standard InChI is InChI=1S/C12H20BN3O2/c1-11(2)12(3,4)18-13(17-11)9-7-15-10(8-14-9)16(5)6/h7-8H,1-6H3/i5D3,6D3,7D,8D. The summed E-state index contributed by atoms with van der Waals surface area (Å²) in [7, 11) is -1.08. The fraction of sp³-hybridized carbons (Fsp3) is 0.667. The molecule has 0 saturated carbocycles. The summed E-state index contributed by atoms with van der Waals surface area (Å²) in [6.45, 7) is 1.01. The molecule has 1 aliphatic rings. The Morgan fingerprint density at radius 1 is 1.17 bits per heavy atom. The molecule has 1 saturated heterocycles. The zero-order valence-electron chi connectivity index (χ0n) is 18.7. The van der Waals surface area contributed by atoms with E-state index in [9.17, 15) is 0 Å². The molecular formula is C12H20BN3O2. The Labute approximate surface area is 120 Å². The van der Waals surface area contributed by atoms with Crippen LogP contribution in [0.1, 0.15) is 38.7 Å². The van der Waals surface area contributed by atoms with Crippen molar-refractivity contribution in [1.29, 1.82) is 0 Å². The van der Waals surface area contributed by atoms with Crippen molar-refractivity contribution in [2.24, 2.45) is 0 Å². The third kappa shape index (κ3) is 2.22. The van der Waals surface area contributed by atoms with Crippen LogP contribution in [0.3, 0.4) is 0 Å². The Kier molecular flexibility index (Phi) is 1.48. The van der Waals surface area contributed by atoms with Gasteiger partial charge in [-0.3, -0.25) is 4.98 Å². The van der Waals surface area contributed by atoms with Crippen LogP contribution in [0, 0.1) is 0 Å². The molecule has 0 spiro atoms. The summed E-state index contributed by atoms with van der Waals surface area (Å²) < 4.78 is 72.0. The molecule has 0 atom stereocenters. The quantitative estimate of drug-likeness (QED) is 0.735. The van der Waals surface area contributed by atoms with Gasteiger partial charge in [-0.1, -0.05) is 0 Å². The van der Waals surface area contributed by atoms with E-state index in [0.29, 0.717) is 0 Å². The molecule has 0 N–H and O–H groups in total. The summed E-state index contributed by atoms with van der Waals surface area (Å²) in [5, 5.41) is 0. The van der Waals surface area contributed by atoms with Gasteiger partial charge in [-0.2, -0.15) is 0 Å². The Morgan fingerprint density at radius 3 is 2.33 bits per heavy atom. The van der Waals surface area contributed by atoms with Crippen LogP contribution >= 0.6 is 0 Å². The van der Waals surface area contributed by atoms with Gasteiger partial charge in [0.15, 0.2) is 0 Å². The molecule has 6 heteroatoms. The van der Waals surface area contributed by atoms with Crippen molar-refractivity contribution in [3.8, 4) is 0 Å². The number of nitrogens with zero attached hydrogens (tertiary/aromatic N) is 3. The second-order valence-corrected chi connectivity index (χ2v) is 5.08. The van der Waals surface area contributed by atoms with Gasteiger partial charge in [-0.15, -0.1) is 0 Å². The molecular weight excluding hydrogens is 229 g/mol. The Balaban J connectivity index is 2.50. The van der Waals surface area contributed by atoms with Crippen molar-refractivity contribution in [3.05, 3.63) is 12.3 Å². The van der Waals surface area contributed by atoms with Gasteiger partial charge in [0, 0.05) is 28.3 Å². The summed E-state index contributed by atoms with van der Waals surface area (Å²) in [5.41, 5.74) is -1.54. The molecule has 1 aromatic heterocycles. The van der Waals surface area contributed by atoms with Gasteiger partial charge in [0.1, 0.15) is 5.82 Å². The highest BCUT2D eigenvalue weighted by Crippen LogP contribution is 2.36. The van der Waals surface area contributed by atoms with E-state index in [0.717, 1.165) is 0 Å². The molecule has 0 amide bonds. The minimum atomic E-state index is -3.09. The summed E-state index contributed by atoms with van der Waals surface area (Å²) in [6.07, 6.45) is -1.22. The van der Waals surface area contributed by atoms with Gasteiger partial charge in [-0.25, -0.2) is 4.98 Å². The van der Waals surface area contributed by atoms with E-state index in [4.69, 9.17) is 20.3 Å². The van der Waals surface area contributed by atoms with E-state index in [2.05, 4.69) is 9.97 Å². The van der Waals surface area contributed by atoms with Crippen LogP contribution in [0.25, 0.3) is 0 Å². The van der Waals surface area contributed by atoms with E-state index in [1.807, 2.05) is 0 Å². The van der Waals surface area contributed by atoms with Gasteiger partial charge in [0.05, 0.1) is 25.7 Å². The molecule has 5 nitrogen and oxygen atoms in total. The zero-order chi connectivity index (χ0) is 20.3. The van der Waals surface area contributed by atoms with Crippen molar-refractivity contribution in [2.45, 2.75) is 38.9 Å². The first-order valence-electron chi connectivity index (χ1n) is 9.48. The van der Waals surface area contributed by atoms with E-state index in [1.54, 1.807) is 27.7 Å². The van der Waals surface area contributed by atoms with Gasteiger partial charge >= 0.3 is 7.12 Å². The highest BCUT2D eigenvalue weighted by molar-refractivity contribution is 6.61. The molecule has 0 aromatic carbocycles. The Bertz CT molecular complexity index is 677. The second kappa shape index (κ2) is 4.21. The molecule has 0 aliphatic carbocycles. The minimum Gasteiger partial charge on any atom is -0.398 e. The molecule has 18 heavy (non-hydrogen) atoms. The lowest BCUT2D eigenvalue weighted by atomic mass is 9.85. The summed E-state index contributed by atoms with van der Waals surface area (Å²) in [4.78, 5) is 7.60. The third-order valence-corrected chi connectivity index (χ3v) is 3.24. The maximum Gasteiger partial charge on any atom is 0.516 e. The molecule has 0 bridgehead atoms. The van der Waals surface area contributed by atoms with Crippen LogP contribution in [-0.2, 0) is 9.31 Å². The van der Waals surface area contributed by atoms with Gasteiger partial charge in [0.2, 0.25) is 0 Å².